The minimum Gasteiger partial charge on any atom is -0.496 e. The lowest BCUT2D eigenvalue weighted by atomic mass is 10.1. The van der Waals surface area contributed by atoms with Crippen molar-refractivity contribution in [3.8, 4) is 5.75 Å². The van der Waals surface area contributed by atoms with Gasteiger partial charge in [-0.05, 0) is 13.8 Å². The van der Waals surface area contributed by atoms with Crippen molar-refractivity contribution >= 4 is 11.9 Å². The van der Waals surface area contributed by atoms with Crippen molar-refractivity contribution in [1.29, 1.82) is 0 Å². The molecule has 0 atom stereocenters. The molecule has 15 heavy (non-hydrogen) atoms. The lowest BCUT2D eigenvalue weighted by Crippen LogP contribution is -2.04. The molecule has 0 fully saturated rings. The molecule has 0 aromatic carbocycles. The van der Waals surface area contributed by atoms with Gasteiger partial charge in [0.25, 0.3) is 0 Å². The number of hydrogen-bond acceptors (Lipinski definition) is 4. The summed E-state index contributed by atoms with van der Waals surface area (Å²) in [6.07, 6.45) is 2.34. The van der Waals surface area contributed by atoms with E-state index in [-0.39, 0.29) is 0 Å². The highest BCUT2D eigenvalue weighted by atomic mass is 16.5. The monoisotopic (exact) mass is 208 g/mol. The highest BCUT2D eigenvalue weighted by molar-refractivity contribution is 6.08. The summed E-state index contributed by atoms with van der Waals surface area (Å²) in [6.45, 7) is 3.35. The number of allylic oxidation sites excluding steroid dienone is 2. The molecule has 0 aliphatic rings. The molecule has 0 saturated carbocycles. The Morgan fingerprint density at radius 3 is 2.67 bits per heavy atom. The third kappa shape index (κ3) is 2.15. The predicted molar refractivity (Wildman–Crippen MR) is 56.0 cm³/mol. The van der Waals surface area contributed by atoms with E-state index in [1.807, 2.05) is 0 Å². The number of aryl methyl sites for hydroxylation is 1. The van der Waals surface area contributed by atoms with Gasteiger partial charge in [-0.3, -0.25) is 4.79 Å². The molecular weight excluding hydrogens is 196 g/mol. The van der Waals surface area contributed by atoms with Crippen LogP contribution >= 0.6 is 0 Å². The van der Waals surface area contributed by atoms with Crippen LogP contribution in [0.3, 0.4) is 0 Å². The Hall–Kier alpha value is -1.84. The van der Waals surface area contributed by atoms with Crippen molar-refractivity contribution < 1.29 is 13.9 Å². The molecule has 1 heterocycles. The van der Waals surface area contributed by atoms with Gasteiger partial charge in [0, 0.05) is 5.57 Å². The van der Waals surface area contributed by atoms with Crippen molar-refractivity contribution in [3.05, 3.63) is 33.9 Å². The molecule has 4 heteroatoms. The Kier molecular flexibility index (Phi) is 3.44. The van der Waals surface area contributed by atoms with E-state index < -0.39 is 5.63 Å². The van der Waals surface area contributed by atoms with Gasteiger partial charge < -0.3 is 9.15 Å². The zero-order valence-corrected chi connectivity index (χ0v) is 8.87. The van der Waals surface area contributed by atoms with E-state index in [2.05, 4.69) is 0 Å². The minimum atomic E-state index is -0.491. The fraction of sp³-hybridized carbons (Fsp3) is 0.273. The largest absolute Gasteiger partial charge is 0.496 e. The average Bonchev–Trinajstić information content (AvgIpc) is 2.21. The van der Waals surface area contributed by atoms with E-state index in [1.165, 1.54) is 13.2 Å². The molecule has 0 unspecified atom stereocenters. The van der Waals surface area contributed by atoms with Gasteiger partial charge in [0.2, 0.25) is 0 Å². The maximum absolute atomic E-state index is 11.1. The first kappa shape index (κ1) is 11.2. The Labute approximate surface area is 87.2 Å². The van der Waals surface area contributed by atoms with Crippen LogP contribution in [0.15, 0.2) is 21.4 Å². The van der Waals surface area contributed by atoms with Gasteiger partial charge in [0.05, 0.1) is 18.7 Å². The third-order valence-electron chi connectivity index (χ3n) is 2.05. The number of methoxy groups -OCH3 is 1. The van der Waals surface area contributed by atoms with Crippen LogP contribution in [-0.4, -0.2) is 13.4 Å². The fourth-order valence-electron chi connectivity index (χ4n) is 1.36. The van der Waals surface area contributed by atoms with E-state index in [9.17, 15) is 9.59 Å². The van der Waals surface area contributed by atoms with Gasteiger partial charge in [-0.2, -0.15) is 0 Å². The first-order chi connectivity index (χ1) is 7.13. The van der Waals surface area contributed by atoms with E-state index in [1.54, 1.807) is 19.9 Å². The number of carbonyl (C=O) groups excluding carboxylic acids is 1. The summed E-state index contributed by atoms with van der Waals surface area (Å²) in [7, 11) is 1.44. The summed E-state index contributed by atoms with van der Waals surface area (Å²) >= 11 is 0. The molecular formula is C11H12O4. The number of aldehydes is 1. The summed E-state index contributed by atoms with van der Waals surface area (Å²) in [5.74, 6) is 0.725. The molecule has 0 amide bonds. The minimum absolute atomic E-state index is 0.351. The standard InChI is InChI=1S/C11H12O4/c1-4-8(6-12)11-7(2)15-10(13)5-9(11)14-3/h4-6H,1-3H3/b8-4-. The van der Waals surface area contributed by atoms with Gasteiger partial charge in [0.15, 0.2) is 6.29 Å². The Morgan fingerprint density at radius 2 is 2.20 bits per heavy atom. The maximum Gasteiger partial charge on any atom is 0.339 e. The normalized spacial score (nSPS) is 11.3. The molecule has 0 saturated heterocycles. The van der Waals surface area contributed by atoms with Crippen LogP contribution in [0.5, 0.6) is 5.75 Å². The van der Waals surface area contributed by atoms with Crippen molar-refractivity contribution in [3.63, 3.8) is 0 Å². The summed E-state index contributed by atoms with van der Waals surface area (Å²) in [5, 5.41) is 0. The van der Waals surface area contributed by atoms with E-state index in [0.717, 1.165) is 0 Å². The third-order valence-corrected chi connectivity index (χ3v) is 2.05. The lowest BCUT2D eigenvalue weighted by Gasteiger charge is -2.08. The fourth-order valence-corrected chi connectivity index (χ4v) is 1.36. The van der Waals surface area contributed by atoms with Crippen LogP contribution in [0, 0.1) is 6.92 Å². The first-order valence-corrected chi connectivity index (χ1v) is 4.44. The number of hydrogen-bond donors (Lipinski definition) is 0. The van der Waals surface area contributed by atoms with Crippen molar-refractivity contribution in [2.75, 3.05) is 7.11 Å². The zero-order chi connectivity index (χ0) is 11.4. The highest BCUT2D eigenvalue weighted by Gasteiger charge is 2.13. The van der Waals surface area contributed by atoms with Gasteiger partial charge >= 0.3 is 5.63 Å². The Balaban J connectivity index is 3.52. The Bertz CT molecular complexity index is 454. The Morgan fingerprint density at radius 1 is 1.53 bits per heavy atom. The number of carbonyl (C=O) groups is 1. The first-order valence-electron chi connectivity index (χ1n) is 4.44. The van der Waals surface area contributed by atoms with Crippen LogP contribution in [-0.2, 0) is 4.79 Å². The molecule has 1 rings (SSSR count). The molecule has 1 aromatic heterocycles. The van der Waals surface area contributed by atoms with E-state index in [0.29, 0.717) is 28.9 Å². The molecule has 0 aliphatic carbocycles. The van der Waals surface area contributed by atoms with Crippen LogP contribution in [0.25, 0.3) is 5.57 Å². The lowest BCUT2D eigenvalue weighted by molar-refractivity contribution is -0.103. The van der Waals surface area contributed by atoms with Gasteiger partial charge in [0.1, 0.15) is 11.5 Å². The molecule has 0 radical (unpaired) electrons. The average molecular weight is 208 g/mol. The van der Waals surface area contributed by atoms with Crippen molar-refractivity contribution in [1.82, 2.24) is 0 Å². The van der Waals surface area contributed by atoms with Gasteiger partial charge in [-0.1, -0.05) is 6.08 Å². The van der Waals surface area contributed by atoms with Crippen LogP contribution in [0.2, 0.25) is 0 Å². The predicted octanol–water partition coefficient (Wildman–Crippen LogP) is 1.56. The SMILES string of the molecule is C/C=C(/C=O)c1c(OC)cc(=O)oc1C. The van der Waals surface area contributed by atoms with Crippen molar-refractivity contribution in [2.24, 2.45) is 0 Å². The summed E-state index contributed by atoms with van der Waals surface area (Å²) in [5.41, 5.74) is 0.470. The molecule has 80 valence electrons. The highest BCUT2D eigenvalue weighted by Crippen LogP contribution is 2.26. The van der Waals surface area contributed by atoms with Crippen LogP contribution in [0.1, 0.15) is 18.2 Å². The molecule has 0 N–H and O–H groups in total. The topological polar surface area (TPSA) is 56.5 Å². The number of ether oxygens (including phenoxy) is 1. The van der Waals surface area contributed by atoms with Crippen LogP contribution in [0.4, 0.5) is 0 Å². The second-order valence-corrected chi connectivity index (χ2v) is 2.93. The second kappa shape index (κ2) is 4.59. The molecule has 0 bridgehead atoms. The molecule has 1 aromatic rings. The van der Waals surface area contributed by atoms with E-state index in [4.69, 9.17) is 9.15 Å². The molecule has 0 aliphatic heterocycles. The number of rotatable bonds is 3. The summed E-state index contributed by atoms with van der Waals surface area (Å²) in [4.78, 5) is 21.9. The molecule has 4 nitrogen and oxygen atoms in total. The second-order valence-electron chi connectivity index (χ2n) is 2.93. The van der Waals surface area contributed by atoms with Crippen LogP contribution < -0.4 is 10.4 Å². The van der Waals surface area contributed by atoms with Gasteiger partial charge in [-0.15, -0.1) is 0 Å². The smallest absolute Gasteiger partial charge is 0.339 e. The van der Waals surface area contributed by atoms with Gasteiger partial charge in [-0.25, -0.2) is 4.79 Å². The maximum atomic E-state index is 11.1. The summed E-state index contributed by atoms with van der Waals surface area (Å²) < 4.78 is 9.93. The van der Waals surface area contributed by atoms with E-state index >= 15 is 0 Å². The van der Waals surface area contributed by atoms with Crippen molar-refractivity contribution in [2.45, 2.75) is 13.8 Å². The quantitative estimate of drug-likeness (QED) is 0.558. The molecule has 0 spiro atoms. The summed E-state index contributed by atoms with van der Waals surface area (Å²) in [6, 6.07) is 1.22. The zero-order valence-electron chi connectivity index (χ0n) is 8.87.